The van der Waals surface area contributed by atoms with Crippen LogP contribution in [0.1, 0.15) is 13.3 Å². The van der Waals surface area contributed by atoms with Gasteiger partial charge in [-0.2, -0.15) is 0 Å². The van der Waals surface area contributed by atoms with E-state index < -0.39 is 11.5 Å². The van der Waals surface area contributed by atoms with Gasteiger partial charge >= 0.3 is 0 Å². The van der Waals surface area contributed by atoms with Crippen molar-refractivity contribution in [2.45, 2.75) is 25.5 Å². The number of para-hydroxylation sites is 2. The number of morpholine rings is 1. The van der Waals surface area contributed by atoms with Crippen LogP contribution >= 0.6 is 0 Å². The van der Waals surface area contributed by atoms with Crippen LogP contribution in [0, 0.1) is 0 Å². The van der Waals surface area contributed by atoms with Gasteiger partial charge in [0, 0.05) is 19.5 Å². The first-order chi connectivity index (χ1) is 11.0. The highest BCUT2D eigenvalue weighted by Gasteiger charge is 2.38. The Balaban J connectivity index is 1.64. The Bertz CT molecular complexity index is 742. The van der Waals surface area contributed by atoms with Crippen molar-refractivity contribution in [3.63, 3.8) is 0 Å². The predicted octanol–water partition coefficient (Wildman–Crippen LogP) is 0.529. The molecule has 0 radical (unpaired) electrons. The highest BCUT2D eigenvalue weighted by molar-refractivity contribution is 5.85. The van der Waals surface area contributed by atoms with Crippen molar-refractivity contribution in [1.82, 2.24) is 14.5 Å². The Hall–Kier alpha value is -2.41. The molecule has 2 amide bonds. The molecule has 0 bridgehead atoms. The van der Waals surface area contributed by atoms with Crippen LogP contribution in [0.2, 0.25) is 0 Å². The highest BCUT2D eigenvalue weighted by Crippen LogP contribution is 2.18. The number of carbonyl (C=O) groups is 2. The summed E-state index contributed by atoms with van der Waals surface area (Å²) in [6.07, 6.45) is 2.08. The fourth-order valence-corrected chi connectivity index (χ4v) is 2.79. The van der Waals surface area contributed by atoms with Gasteiger partial charge < -0.3 is 19.9 Å². The molecule has 0 unspecified atom stereocenters. The molecule has 1 atom stereocenters. The van der Waals surface area contributed by atoms with Crippen molar-refractivity contribution in [1.29, 1.82) is 0 Å². The van der Waals surface area contributed by atoms with Crippen LogP contribution in [0.4, 0.5) is 0 Å². The van der Waals surface area contributed by atoms with Gasteiger partial charge in [-0.1, -0.05) is 12.1 Å². The van der Waals surface area contributed by atoms with E-state index in [1.165, 1.54) is 0 Å². The van der Waals surface area contributed by atoms with Crippen LogP contribution in [-0.4, -0.2) is 51.6 Å². The summed E-state index contributed by atoms with van der Waals surface area (Å²) in [6, 6.07) is 7.80. The molecule has 2 N–H and O–H groups in total. The van der Waals surface area contributed by atoms with E-state index in [1.54, 1.807) is 18.2 Å². The minimum absolute atomic E-state index is 0.0152. The second-order valence-electron chi connectivity index (χ2n) is 5.94. The van der Waals surface area contributed by atoms with Crippen LogP contribution in [0.5, 0.6) is 0 Å². The zero-order valence-electron chi connectivity index (χ0n) is 13.1. The van der Waals surface area contributed by atoms with Gasteiger partial charge in [0.1, 0.15) is 0 Å². The maximum Gasteiger partial charge on any atom is 0.251 e. The number of imidazole rings is 1. The molecule has 7 nitrogen and oxygen atoms in total. The van der Waals surface area contributed by atoms with Gasteiger partial charge in [-0.15, -0.1) is 0 Å². The van der Waals surface area contributed by atoms with Gasteiger partial charge in [0.25, 0.3) is 5.91 Å². The summed E-state index contributed by atoms with van der Waals surface area (Å²) in [7, 11) is 0. The highest BCUT2D eigenvalue weighted by atomic mass is 16.5. The van der Waals surface area contributed by atoms with E-state index in [9.17, 15) is 9.59 Å². The van der Waals surface area contributed by atoms with Gasteiger partial charge in [-0.25, -0.2) is 4.98 Å². The third-order valence-corrected chi connectivity index (χ3v) is 4.24. The lowest BCUT2D eigenvalue weighted by atomic mass is 10.0. The number of rotatable bonds is 4. The summed E-state index contributed by atoms with van der Waals surface area (Å²) in [5.74, 6) is -0.561. The molecule has 2 heterocycles. The van der Waals surface area contributed by atoms with Crippen LogP contribution in [-0.2, 0) is 20.9 Å². The number of ether oxygens (including phenoxy) is 1. The smallest absolute Gasteiger partial charge is 0.251 e. The van der Waals surface area contributed by atoms with E-state index in [1.807, 2.05) is 28.8 Å². The Morgan fingerprint density at radius 2 is 2.17 bits per heavy atom. The van der Waals surface area contributed by atoms with Crippen molar-refractivity contribution in [2.24, 2.45) is 5.73 Å². The maximum atomic E-state index is 12.4. The summed E-state index contributed by atoms with van der Waals surface area (Å²) in [6.45, 7) is 3.17. The Morgan fingerprint density at radius 3 is 2.96 bits per heavy atom. The molecule has 1 aliphatic heterocycles. The number of nitrogens with zero attached hydrogens (tertiary/aromatic N) is 3. The Morgan fingerprint density at radius 1 is 1.39 bits per heavy atom. The molecule has 1 aromatic carbocycles. The first-order valence-corrected chi connectivity index (χ1v) is 7.61. The zero-order valence-corrected chi connectivity index (χ0v) is 13.1. The quantitative estimate of drug-likeness (QED) is 0.891. The maximum absolute atomic E-state index is 12.4. The number of fused-ring (bicyclic) bond motifs is 1. The zero-order chi connectivity index (χ0) is 16.4. The van der Waals surface area contributed by atoms with Crippen LogP contribution in [0.3, 0.4) is 0 Å². The van der Waals surface area contributed by atoms with Crippen molar-refractivity contribution < 1.29 is 14.3 Å². The Labute approximate surface area is 134 Å². The molecule has 0 spiro atoms. The number of carbonyl (C=O) groups excluding carboxylic acids is 2. The summed E-state index contributed by atoms with van der Waals surface area (Å²) in [5.41, 5.74) is 6.18. The lowest BCUT2D eigenvalue weighted by Crippen LogP contribution is -2.58. The molecule has 122 valence electrons. The lowest BCUT2D eigenvalue weighted by molar-refractivity contribution is -0.160. The van der Waals surface area contributed by atoms with E-state index in [0.717, 1.165) is 11.0 Å². The van der Waals surface area contributed by atoms with Crippen LogP contribution < -0.4 is 5.73 Å². The molecule has 2 aromatic rings. The van der Waals surface area contributed by atoms with Crippen LogP contribution in [0.15, 0.2) is 30.6 Å². The number of benzene rings is 1. The van der Waals surface area contributed by atoms with Gasteiger partial charge in [0.15, 0.2) is 5.60 Å². The SMILES string of the molecule is C[C@@]1(C(N)=O)CN(C(=O)CCn2cnc3ccccc32)CCO1. The van der Waals surface area contributed by atoms with Crippen LogP contribution in [0.25, 0.3) is 11.0 Å². The average Bonchev–Trinajstić information content (AvgIpc) is 2.96. The summed E-state index contributed by atoms with van der Waals surface area (Å²) >= 11 is 0. The summed E-state index contributed by atoms with van der Waals surface area (Å²) < 4.78 is 7.39. The fraction of sp³-hybridized carbons (Fsp3) is 0.438. The third kappa shape index (κ3) is 3.05. The molecule has 1 aliphatic rings. The van der Waals surface area contributed by atoms with E-state index in [0.29, 0.717) is 26.1 Å². The molecule has 0 aliphatic carbocycles. The number of aryl methyl sites for hydroxylation is 1. The van der Waals surface area contributed by atoms with E-state index in [-0.39, 0.29) is 12.5 Å². The first kappa shape index (κ1) is 15.5. The van der Waals surface area contributed by atoms with Crippen molar-refractivity contribution in [2.75, 3.05) is 19.7 Å². The van der Waals surface area contributed by atoms with Crippen molar-refractivity contribution in [3.8, 4) is 0 Å². The lowest BCUT2D eigenvalue weighted by Gasteiger charge is -2.38. The molecule has 0 saturated carbocycles. The van der Waals surface area contributed by atoms with Gasteiger partial charge in [-0.05, 0) is 19.1 Å². The number of amides is 2. The standard InChI is InChI=1S/C16H20N4O3/c1-16(15(17)22)10-19(8-9-23-16)14(21)6-7-20-11-18-12-4-2-3-5-13(12)20/h2-5,11H,6-10H2,1H3,(H2,17,22)/t16-/m0/s1. The molecule has 7 heteroatoms. The monoisotopic (exact) mass is 316 g/mol. The molecular weight excluding hydrogens is 296 g/mol. The molecule has 3 rings (SSSR count). The number of primary amides is 1. The largest absolute Gasteiger partial charge is 0.367 e. The topological polar surface area (TPSA) is 90.5 Å². The van der Waals surface area contributed by atoms with Gasteiger partial charge in [-0.3, -0.25) is 9.59 Å². The molecule has 23 heavy (non-hydrogen) atoms. The fourth-order valence-electron chi connectivity index (χ4n) is 2.79. The van der Waals surface area contributed by atoms with Crippen molar-refractivity contribution >= 4 is 22.8 Å². The number of hydrogen-bond donors (Lipinski definition) is 1. The number of hydrogen-bond acceptors (Lipinski definition) is 4. The van der Waals surface area contributed by atoms with Gasteiger partial charge in [0.05, 0.1) is 30.5 Å². The predicted molar refractivity (Wildman–Crippen MR) is 84.5 cm³/mol. The minimum Gasteiger partial charge on any atom is -0.367 e. The van der Waals surface area contributed by atoms with E-state index in [2.05, 4.69) is 4.98 Å². The molecule has 1 aromatic heterocycles. The van der Waals surface area contributed by atoms with E-state index >= 15 is 0 Å². The first-order valence-electron chi connectivity index (χ1n) is 7.61. The van der Waals surface area contributed by atoms with Gasteiger partial charge in [0.2, 0.25) is 5.91 Å². The molecule has 1 saturated heterocycles. The number of aromatic nitrogens is 2. The minimum atomic E-state index is -1.10. The molecule has 1 fully saturated rings. The number of nitrogens with two attached hydrogens (primary N) is 1. The third-order valence-electron chi connectivity index (χ3n) is 4.24. The molecular formula is C16H20N4O3. The van der Waals surface area contributed by atoms with E-state index in [4.69, 9.17) is 10.5 Å². The summed E-state index contributed by atoms with van der Waals surface area (Å²) in [4.78, 5) is 29.9. The average molecular weight is 316 g/mol. The second-order valence-corrected chi connectivity index (χ2v) is 5.94. The Kier molecular flexibility index (Phi) is 4.04. The van der Waals surface area contributed by atoms with Crippen molar-refractivity contribution in [3.05, 3.63) is 30.6 Å². The second kappa shape index (κ2) is 6.00. The normalized spacial score (nSPS) is 21.5. The summed E-state index contributed by atoms with van der Waals surface area (Å²) in [5, 5.41) is 0.